The second kappa shape index (κ2) is 5.00. The molecule has 0 aliphatic heterocycles. The highest BCUT2D eigenvalue weighted by atomic mass is 16.2. The van der Waals surface area contributed by atoms with Crippen LogP contribution >= 0.6 is 0 Å². The number of carbonyl (C=O) groups is 2. The van der Waals surface area contributed by atoms with Gasteiger partial charge in [0, 0.05) is 29.4 Å². The van der Waals surface area contributed by atoms with Crippen LogP contribution in [0.5, 0.6) is 0 Å². The van der Waals surface area contributed by atoms with Crippen LogP contribution in [-0.4, -0.2) is 27.8 Å². The van der Waals surface area contributed by atoms with E-state index in [9.17, 15) is 9.59 Å². The van der Waals surface area contributed by atoms with Gasteiger partial charge in [-0.3, -0.25) is 9.59 Å². The summed E-state index contributed by atoms with van der Waals surface area (Å²) >= 11 is 0. The van der Waals surface area contributed by atoms with Crippen molar-refractivity contribution in [2.24, 2.45) is 0 Å². The summed E-state index contributed by atoms with van der Waals surface area (Å²) in [5.74, 6) is -0.0926. The van der Waals surface area contributed by atoms with E-state index in [-0.39, 0.29) is 18.5 Å². The van der Waals surface area contributed by atoms with Crippen LogP contribution in [0.1, 0.15) is 24.2 Å². The summed E-state index contributed by atoms with van der Waals surface area (Å²) < 4.78 is 1.69. The third kappa shape index (κ3) is 2.40. The maximum atomic E-state index is 11.7. The lowest BCUT2D eigenvalue weighted by molar-refractivity contribution is -0.122. The Kier molecular flexibility index (Phi) is 3.41. The Morgan fingerprint density at radius 1 is 1.56 bits per heavy atom. The molecule has 0 saturated carbocycles. The molecular formula is C13H15N3O2. The monoisotopic (exact) mass is 245 g/mol. The number of rotatable bonds is 4. The largest absolute Gasteiger partial charge is 0.352 e. The molecule has 18 heavy (non-hydrogen) atoms. The predicted molar refractivity (Wildman–Crippen MR) is 68.4 cm³/mol. The summed E-state index contributed by atoms with van der Waals surface area (Å²) in [7, 11) is 0. The van der Waals surface area contributed by atoms with Gasteiger partial charge in [-0.2, -0.15) is 0 Å². The summed E-state index contributed by atoms with van der Waals surface area (Å²) in [6.07, 6.45) is 4.08. The first-order valence-corrected chi connectivity index (χ1v) is 5.80. The smallest absolute Gasteiger partial charge is 0.240 e. The molecule has 5 nitrogen and oxygen atoms in total. The van der Waals surface area contributed by atoms with E-state index in [0.717, 1.165) is 11.7 Å². The minimum absolute atomic E-state index is 0.0926. The number of pyridine rings is 1. The van der Waals surface area contributed by atoms with Gasteiger partial charge >= 0.3 is 0 Å². The summed E-state index contributed by atoms with van der Waals surface area (Å²) in [6.45, 7) is 3.97. The average molecular weight is 245 g/mol. The topological polar surface area (TPSA) is 64.0 Å². The lowest BCUT2D eigenvalue weighted by atomic mass is 10.2. The molecule has 0 saturated heterocycles. The van der Waals surface area contributed by atoms with Crippen molar-refractivity contribution in [1.29, 1.82) is 0 Å². The van der Waals surface area contributed by atoms with E-state index in [0.29, 0.717) is 11.2 Å². The van der Waals surface area contributed by atoms with E-state index in [1.54, 1.807) is 23.0 Å². The third-order valence-corrected chi connectivity index (χ3v) is 2.56. The molecular weight excluding hydrogens is 230 g/mol. The molecule has 0 radical (unpaired) electrons. The van der Waals surface area contributed by atoms with Crippen molar-refractivity contribution in [3.05, 3.63) is 30.1 Å². The number of carbonyl (C=O) groups excluding carboxylic acids is 2. The molecule has 0 atom stereocenters. The SMILES string of the molecule is CC(C)NC(=O)Cn1cc(C=O)c2cccnc21. The first-order valence-electron chi connectivity index (χ1n) is 5.80. The molecule has 0 fully saturated rings. The van der Waals surface area contributed by atoms with Crippen LogP contribution in [0.2, 0.25) is 0 Å². The van der Waals surface area contributed by atoms with Gasteiger partial charge in [0.2, 0.25) is 5.91 Å². The molecule has 2 aromatic rings. The van der Waals surface area contributed by atoms with Crippen LogP contribution < -0.4 is 5.32 Å². The standard InChI is InChI=1S/C13H15N3O2/c1-9(2)15-12(18)7-16-6-10(8-17)11-4-3-5-14-13(11)16/h3-6,8-9H,7H2,1-2H3,(H,15,18). The number of nitrogens with one attached hydrogen (secondary N) is 1. The minimum Gasteiger partial charge on any atom is -0.352 e. The quantitative estimate of drug-likeness (QED) is 0.827. The van der Waals surface area contributed by atoms with Gasteiger partial charge in [-0.25, -0.2) is 4.98 Å². The molecule has 0 aliphatic carbocycles. The van der Waals surface area contributed by atoms with Gasteiger partial charge in [-0.05, 0) is 26.0 Å². The van der Waals surface area contributed by atoms with E-state index in [1.807, 2.05) is 19.9 Å². The van der Waals surface area contributed by atoms with Crippen LogP contribution in [0.15, 0.2) is 24.5 Å². The predicted octanol–water partition coefficient (Wildman–Crippen LogP) is 1.37. The van der Waals surface area contributed by atoms with Crippen LogP contribution in [0, 0.1) is 0 Å². The van der Waals surface area contributed by atoms with Crippen molar-refractivity contribution >= 4 is 23.2 Å². The van der Waals surface area contributed by atoms with E-state index in [1.165, 1.54) is 0 Å². The van der Waals surface area contributed by atoms with Crippen molar-refractivity contribution in [2.75, 3.05) is 0 Å². The second-order valence-corrected chi connectivity index (χ2v) is 4.43. The number of hydrogen-bond acceptors (Lipinski definition) is 3. The van der Waals surface area contributed by atoms with Crippen molar-refractivity contribution < 1.29 is 9.59 Å². The van der Waals surface area contributed by atoms with Gasteiger partial charge in [-0.15, -0.1) is 0 Å². The Morgan fingerprint density at radius 3 is 3.00 bits per heavy atom. The van der Waals surface area contributed by atoms with Crippen molar-refractivity contribution in [1.82, 2.24) is 14.9 Å². The number of hydrogen-bond donors (Lipinski definition) is 1. The summed E-state index contributed by atoms with van der Waals surface area (Å²) in [5.41, 5.74) is 1.20. The Bertz CT molecular complexity index is 587. The van der Waals surface area contributed by atoms with E-state index >= 15 is 0 Å². The van der Waals surface area contributed by atoms with E-state index < -0.39 is 0 Å². The van der Waals surface area contributed by atoms with Gasteiger partial charge in [0.15, 0.2) is 6.29 Å². The van der Waals surface area contributed by atoms with Gasteiger partial charge in [0.25, 0.3) is 0 Å². The normalized spacial score (nSPS) is 10.8. The van der Waals surface area contributed by atoms with Crippen molar-refractivity contribution in [3.63, 3.8) is 0 Å². The number of aldehydes is 1. The van der Waals surface area contributed by atoms with Gasteiger partial charge < -0.3 is 9.88 Å². The van der Waals surface area contributed by atoms with Gasteiger partial charge in [-0.1, -0.05) is 0 Å². The van der Waals surface area contributed by atoms with Crippen molar-refractivity contribution in [2.45, 2.75) is 26.4 Å². The lowest BCUT2D eigenvalue weighted by Crippen LogP contribution is -2.32. The maximum absolute atomic E-state index is 11.7. The first kappa shape index (κ1) is 12.3. The minimum atomic E-state index is -0.0926. The molecule has 0 unspecified atom stereocenters. The molecule has 0 spiro atoms. The molecule has 94 valence electrons. The Morgan fingerprint density at radius 2 is 2.33 bits per heavy atom. The molecule has 0 aromatic carbocycles. The zero-order valence-electron chi connectivity index (χ0n) is 10.4. The maximum Gasteiger partial charge on any atom is 0.240 e. The molecule has 2 rings (SSSR count). The molecule has 1 amide bonds. The molecule has 1 N–H and O–H groups in total. The third-order valence-electron chi connectivity index (χ3n) is 2.56. The van der Waals surface area contributed by atoms with Crippen LogP contribution in [0.3, 0.4) is 0 Å². The molecule has 2 heterocycles. The number of fused-ring (bicyclic) bond motifs is 1. The molecule has 0 bridgehead atoms. The highest BCUT2D eigenvalue weighted by Crippen LogP contribution is 2.17. The zero-order chi connectivity index (χ0) is 13.1. The highest BCUT2D eigenvalue weighted by Gasteiger charge is 2.11. The first-order chi connectivity index (χ1) is 8.61. The van der Waals surface area contributed by atoms with Crippen LogP contribution in [0.4, 0.5) is 0 Å². The Balaban J connectivity index is 2.33. The molecule has 5 heteroatoms. The van der Waals surface area contributed by atoms with E-state index in [4.69, 9.17) is 0 Å². The number of nitrogens with zero attached hydrogens (tertiary/aromatic N) is 2. The molecule has 0 aliphatic rings. The van der Waals surface area contributed by atoms with Crippen molar-refractivity contribution in [3.8, 4) is 0 Å². The zero-order valence-corrected chi connectivity index (χ0v) is 10.4. The molecule has 2 aromatic heterocycles. The van der Waals surface area contributed by atoms with E-state index in [2.05, 4.69) is 10.3 Å². The number of aromatic nitrogens is 2. The van der Waals surface area contributed by atoms with Crippen LogP contribution in [-0.2, 0) is 11.3 Å². The number of amides is 1. The van der Waals surface area contributed by atoms with Crippen LogP contribution in [0.25, 0.3) is 11.0 Å². The summed E-state index contributed by atoms with van der Waals surface area (Å²) in [4.78, 5) is 26.9. The fourth-order valence-corrected chi connectivity index (χ4v) is 1.89. The van der Waals surface area contributed by atoms with Gasteiger partial charge in [0.1, 0.15) is 12.2 Å². The highest BCUT2D eigenvalue weighted by molar-refractivity contribution is 5.96. The average Bonchev–Trinajstić information content (AvgIpc) is 2.67. The fourth-order valence-electron chi connectivity index (χ4n) is 1.89. The fraction of sp³-hybridized carbons (Fsp3) is 0.308. The summed E-state index contributed by atoms with van der Waals surface area (Å²) in [5, 5.41) is 3.58. The van der Waals surface area contributed by atoms with Gasteiger partial charge in [0.05, 0.1) is 0 Å². The lowest BCUT2D eigenvalue weighted by Gasteiger charge is -2.09. The second-order valence-electron chi connectivity index (χ2n) is 4.43. The summed E-state index contributed by atoms with van der Waals surface area (Å²) in [6, 6.07) is 3.69. The Labute approximate surface area is 105 Å². The Hall–Kier alpha value is -2.17.